The summed E-state index contributed by atoms with van der Waals surface area (Å²) in [6, 6.07) is 5.68. The number of unbranched alkanes of at least 4 members (excludes halogenated alkanes) is 2. The van der Waals surface area contributed by atoms with Crippen molar-refractivity contribution in [2.45, 2.75) is 32.6 Å². The van der Waals surface area contributed by atoms with Gasteiger partial charge >= 0.3 is 0 Å². The molecule has 1 saturated heterocycles. The minimum Gasteiger partial charge on any atom is -0.495 e. The van der Waals surface area contributed by atoms with Gasteiger partial charge in [-0.25, -0.2) is 0 Å². The number of nitrogens with one attached hydrogen (secondary N) is 1. The molecule has 1 aliphatic heterocycles. The number of hydrogen-bond donors (Lipinski definition) is 2. The van der Waals surface area contributed by atoms with Crippen LogP contribution in [0.25, 0.3) is 0 Å². The highest BCUT2D eigenvalue weighted by Gasteiger charge is 2.36. The van der Waals surface area contributed by atoms with Gasteiger partial charge in [-0.15, -0.1) is 0 Å². The molecule has 24 heavy (non-hydrogen) atoms. The van der Waals surface area contributed by atoms with Crippen molar-refractivity contribution in [2.75, 3.05) is 31.7 Å². The van der Waals surface area contributed by atoms with Crippen LogP contribution in [0, 0.1) is 12.8 Å². The predicted octanol–water partition coefficient (Wildman–Crippen LogP) is 1.64. The fourth-order valence-electron chi connectivity index (χ4n) is 2.90. The molecule has 6 nitrogen and oxygen atoms in total. The van der Waals surface area contributed by atoms with E-state index in [0.717, 1.165) is 30.5 Å². The summed E-state index contributed by atoms with van der Waals surface area (Å²) in [4.78, 5) is 26.2. The van der Waals surface area contributed by atoms with Crippen LogP contribution >= 0.6 is 0 Å². The van der Waals surface area contributed by atoms with Gasteiger partial charge < -0.3 is 20.1 Å². The van der Waals surface area contributed by atoms with Crippen molar-refractivity contribution in [3.63, 3.8) is 0 Å². The number of rotatable bonds is 8. The summed E-state index contributed by atoms with van der Waals surface area (Å²) in [5.41, 5.74) is 1.76. The van der Waals surface area contributed by atoms with Gasteiger partial charge in [0.2, 0.25) is 11.8 Å². The van der Waals surface area contributed by atoms with Gasteiger partial charge in [0.15, 0.2) is 0 Å². The number of anilines is 1. The van der Waals surface area contributed by atoms with Crippen LogP contribution in [0.1, 0.15) is 31.2 Å². The topological polar surface area (TPSA) is 78.9 Å². The van der Waals surface area contributed by atoms with Crippen molar-refractivity contribution in [1.82, 2.24) is 5.32 Å². The molecule has 0 bridgehead atoms. The number of ether oxygens (including phenoxy) is 1. The molecule has 1 fully saturated rings. The van der Waals surface area contributed by atoms with Crippen LogP contribution in [0.4, 0.5) is 5.69 Å². The van der Waals surface area contributed by atoms with E-state index in [2.05, 4.69) is 5.32 Å². The Labute approximate surface area is 142 Å². The van der Waals surface area contributed by atoms with Crippen molar-refractivity contribution in [2.24, 2.45) is 5.92 Å². The monoisotopic (exact) mass is 334 g/mol. The van der Waals surface area contributed by atoms with Crippen LogP contribution in [-0.2, 0) is 9.59 Å². The van der Waals surface area contributed by atoms with Gasteiger partial charge in [-0.1, -0.05) is 6.07 Å². The zero-order valence-electron chi connectivity index (χ0n) is 14.4. The second-order valence-corrected chi connectivity index (χ2v) is 6.16. The van der Waals surface area contributed by atoms with Gasteiger partial charge in [0.05, 0.1) is 18.7 Å². The second kappa shape index (κ2) is 8.68. The maximum atomic E-state index is 12.3. The summed E-state index contributed by atoms with van der Waals surface area (Å²) in [7, 11) is 1.57. The second-order valence-electron chi connectivity index (χ2n) is 6.16. The Kier molecular flexibility index (Phi) is 6.61. The SMILES string of the molecule is COc1ccc(C)cc1N1CC(C(=O)NCCCCCO)CC1=O. The molecular formula is C18H26N2O4. The average molecular weight is 334 g/mol. The van der Waals surface area contributed by atoms with Gasteiger partial charge in [0, 0.05) is 26.1 Å². The van der Waals surface area contributed by atoms with Crippen molar-refractivity contribution in [3.05, 3.63) is 23.8 Å². The minimum absolute atomic E-state index is 0.0562. The molecule has 0 saturated carbocycles. The van der Waals surface area contributed by atoms with Crippen molar-refractivity contribution >= 4 is 17.5 Å². The molecule has 132 valence electrons. The van der Waals surface area contributed by atoms with E-state index >= 15 is 0 Å². The molecule has 0 spiro atoms. The predicted molar refractivity (Wildman–Crippen MR) is 92.1 cm³/mol. The number of benzene rings is 1. The minimum atomic E-state index is -0.333. The summed E-state index contributed by atoms with van der Waals surface area (Å²) in [6.45, 7) is 3.09. The molecular weight excluding hydrogens is 308 g/mol. The number of aliphatic hydroxyl groups is 1. The zero-order chi connectivity index (χ0) is 17.5. The number of carbonyl (C=O) groups excluding carboxylic acids is 2. The Morgan fingerprint density at radius 2 is 2.17 bits per heavy atom. The molecule has 1 aromatic rings. The maximum absolute atomic E-state index is 12.3. The van der Waals surface area contributed by atoms with E-state index < -0.39 is 0 Å². The first kappa shape index (κ1) is 18.3. The first-order chi connectivity index (χ1) is 11.6. The lowest BCUT2D eigenvalue weighted by molar-refractivity contribution is -0.126. The molecule has 6 heteroatoms. The number of nitrogens with zero attached hydrogens (tertiary/aromatic N) is 1. The molecule has 2 N–H and O–H groups in total. The van der Waals surface area contributed by atoms with Gasteiger partial charge in [0.25, 0.3) is 0 Å². The van der Waals surface area contributed by atoms with Gasteiger partial charge in [-0.3, -0.25) is 9.59 Å². The van der Waals surface area contributed by atoms with Gasteiger partial charge in [-0.2, -0.15) is 0 Å². The average Bonchev–Trinajstić information content (AvgIpc) is 2.96. The number of hydrogen-bond acceptors (Lipinski definition) is 4. The first-order valence-electron chi connectivity index (χ1n) is 8.40. The normalized spacial score (nSPS) is 17.2. The standard InChI is InChI=1S/C18H26N2O4/c1-13-6-7-16(24-2)15(10-13)20-12-14(11-17(20)22)18(23)19-8-4-3-5-9-21/h6-7,10,14,21H,3-5,8-9,11-12H2,1-2H3,(H,19,23). The van der Waals surface area contributed by atoms with E-state index in [9.17, 15) is 9.59 Å². The summed E-state index contributed by atoms with van der Waals surface area (Å²) < 4.78 is 5.34. The van der Waals surface area contributed by atoms with E-state index in [1.54, 1.807) is 12.0 Å². The molecule has 1 atom stereocenters. The van der Waals surface area contributed by atoms with Crippen LogP contribution in [0.5, 0.6) is 5.75 Å². The lowest BCUT2D eigenvalue weighted by Gasteiger charge is -2.20. The molecule has 2 amide bonds. The molecule has 0 aliphatic carbocycles. The molecule has 2 rings (SSSR count). The summed E-state index contributed by atoms with van der Waals surface area (Å²) in [5, 5.41) is 11.6. The summed E-state index contributed by atoms with van der Waals surface area (Å²) in [5.74, 6) is 0.167. The van der Waals surface area contributed by atoms with Crippen LogP contribution in [-0.4, -0.2) is 43.7 Å². The highest BCUT2D eigenvalue weighted by atomic mass is 16.5. The van der Waals surface area contributed by atoms with Gasteiger partial charge in [-0.05, 0) is 43.9 Å². The third-order valence-corrected chi connectivity index (χ3v) is 4.26. The molecule has 0 radical (unpaired) electrons. The Morgan fingerprint density at radius 3 is 2.88 bits per heavy atom. The number of aryl methyl sites for hydroxylation is 1. The van der Waals surface area contributed by atoms with Crippen LogP contribution < -0.4 is 15.0 Å². The Balaban J connectivity index is 1.96. The third kappa shape index (κ3) is 4.47. The van der Waals surface area contributed by atoms with Crippen LogP contribution in [0.2, 0.25) is 0 Å². The summed E-state index contributed by atoms with van der Waals surface area (Å²) >= 11 is 0. The smallest absolute Gasteiger partial charge is 0.227 e. The van der Waals surface area contributed by atoms with Crippen molar-refractivity contribution in [1.29, 1.82) is 0 Å². The maximum Gasteiger partial charge on any atom is 0.227 e. The fraction of sp³-hybridized carbons (Fsp3) is 0.556. The van der Waals surface area contributed by atoms with Gasteiger partial charge in [0.1, 0.15) is 5.75 Å². The lowest BCUT2D eigenvalue weighted by Crippen LogP contribution is -2.33. The van der Waals surface area contributed by atoms with E-state index in [1.807, 2.05) is 25.1 Å². The summed E-state index contributed by atoms with van der Waals surface area (Å²) in [6.07, 6.45) is 2.69. The molecule has 0 aromatic heterocycles. The lowest BCUT2D eigenvalue weighted by atomic mass is 10.1. The number of methoxy groups -OCH3 is 1. The van der Waals surface area contributed by atoms with Crippen molar-refractivity contribution < 1.29 is 19.4 Å². The first-order valence-corrected chi connectivity index (χ1v) is 8.40. The van der Waals surface area contributed by atoms with E-state index in [4.69, 9.17) is 9.84 Å². The number of carbonyl (C=O) groups is 2. The van der Waals surface area contributed by atoms with E-state index in [1.165, 1.54) is 0 Å². The molecule has 1 aromatic carbocycles. The van der Waals surface area contributed by atoms with E-state index in [0.29, 0.717) is 18.8 Å². The Bertz CT molecular complexity index is 588. The van der Waals surface area contributed by atoms with Crippen molar-refractivity contribution in [3.8, 4) is 5.75 Å². The third-order valence-electron chi connectivity index (χ3n) is 4.26. The highest BCUT2D eigenvalue weighted by Crippen LogP contribution is 2.33. The number of aliphatic hydroxyl groups excluding tert-OH is 1. The van der Waals surface area contributed by atoms with Crippen LogP contribution in [0.3, 0.4) is 0 Å². The van der Waals surface area contributed by atoms with Crippen LogP contribution in [0.15, 0.2) is 18.2 Å². The Hall–Kier alpha value is -2.08. The molecule has 1 unspecified atom stereocenters. The Morgan fingerprint density at radius 1 is 1.38 bits per heavy atom. The number of amides is 2. The molecule has 1 aliphatic rings. The fourth-order valence-corrected chi connectivity index (χ4v) is 2.90. The highest BCUT2D eigenvalue weighted by molar-refractivity contribution is 6.01. The largest absolute Gasteiger partial charge is 0.495 e. The quantitative estimate of drug-likeness (QED) is 0.708. The molecule has 1 heterocycles. The zero-order valence-corrected chi connectivity index (χ0v) is 14.4. The van der Waals surface area contributed by atoms with E-state index in [-0.39, 0.29) is 30.8 Å².